The zero-order valence-corrected chi connectivity index (χ0v) is 10.9. The van der Waals surface area contributed by atoms with E-state index in [1.807, 2.05) is 0 Å². The normalized spacial score (nSPS) is 11.7. The van der Waals surface area contributed by atoms with Crippen LogP contribution in [0.2, 0.25) is 0 Å². The molecule has 19 heavy (non-hydrogen) atoms. The number of methoxy groups -OCH3 is 1. The van der Waals surface area contributed by atoms with Crippen LogP contribution in [-0.4, -0.2) is 42.2 Å². The molecule has 1 atom stereocenters. The highest BCUT2D eigenvalue weighted by molar-refractivity contribution is 5.84. The average molecular weight is 269 g/mol. The number of rotatable bonds is 7. The Morgan fingerprint density at radius 1 is 1.47 bits per heavy atom. The summed E-state index contributed by atoms with van der Waals surface area (Å²) in [4.78, 5) is 19.5. The standard InChI is InChI=1S/C10H19N7O2/c1-6(9(18)13-3-4-19-2)14-7-5-8(17-12)16-10(11)15-7/h5-6H,3-4,12H2,1-2H3,(H,13,18)(H4,11,14,15,16,17). The highest BCUT2D eigenvalue weighted by Gasteiger charge is 2.13. The molecule has 1 rings (SSSR count). The van der Waals surface area contributed by atoms with Gasteiger partial charge in [0.25, 0.3) is 0 Å². The molecule has 0 saturated heterocycles. The quantitative estimate of drug-likeness (QED) is 0.239. The lowest BCUT2D eigenvalue weighted by Crippen LogP contribution is -2.39. The third-order valence-electron chi connectivity index (χ3n) is 2.25. The predicted molar refractivity (Wildman–Crippen MR) is 72.2 cm³/mol. The summed E-state index contributed by atoms with van der Waals surface area (Å²) in [5.41, 5.74) is 7.87. The van der Waals surface area contributed by atoms with Gasteiger partial charge in [-0.05, 0) is 6.92 Å². The van der Waals surface area contributed by atoms with Gasteiger partial charge in [0.15, 0.2) is 0 Å². The van der Waals surface area contributed by atoms with Gasteiger partial charge < -0.3 is 26.5 Å². The van der Waals surface area contributed by atoms with Crippen molar-refractivity contribution in [2.45, 2.75) is 13.0 Å². The topological polar surface area (TPSA) is 140 Å². The summed E-state index contributed by atoms with van der Waals surface area (Å²) in [6.07, 6.45) is 0. The highest BCUT2D eigenvalue weighted by Crippen LogP contribution is 2.12. The van der Waals surface area contributed by atoms with E-state index in [2.05, 4.69) is 26.0 Å². The van der Waals surface area contributed by atoms with Crippen LogP contribution in [0, 0.1) is 0 Å². The summed E-state index contributed by atoms with van der Waals surface area (Å²) < 4.78 is 4.84. The first-order valence-electron chi connectivity index (χ1n) is 5.71. The van der Waals surface area contributed by atoms with Crippen molar-refractivity contribution in [3.05, 3.63) is 6.07 Å². The molecule has 0 bridgehead atoms. The van der Waals surface area contributed by atoms with E-state index in [9.17, 15) is 4.79 Å². The molecule has 106 valence electrons. The van der Waals surface area contributed by atoms with Crippen LogP contribution in [0.4, 0.5) is 17.6 Å². The third kappa shape index (κ3) is 4.94. The summed E-state index contributed by atoms with van der Waals surface area (Å²) >= 11 is 0. The number of hydrogen-bond donors (Lipinski definition) is 5. The number of carbonyl (C=O) groups is 1. The van der Waals surface area contributed by atoms with Crippen LogP contribution >= 0.6 is 0 Å². The number of amides is 1. The Hall–Kier alpha value is -2.13. The van der Waals surface area contributed by atoms with Gasteiger partial charge in [0.05, 0.1) is 6.61 Å². The molecule has 0 aliphatic heterocycles. The number of nitrogens with zero attached hydrogens (tertiary/aromatic N) is 2. The predicted octanol–water partition coefficient (Wildman–Crippen LogP) is -1.09. The second-order valence-electron chi connectivity index (χ2n) is 3.79. The molecule has 0 spiro atoms. The van der Waals surface area contributed by atoms with Gasteiger partial charge in [-0.2, -0.15) is 9.97 Å². The molecule has 9 nitrogen and oxygen atoms in total. The Bertz CT molecular complexity index is 426. The molecule has 9 heteroatoms. The van der Waals surface area contributed by atoms with Crippen molar-refractivity contribution in [1.82, 2.24) is 15.3 Å². The van der Waals surface area contributed by atoms with Crippen molar-refractivity contribution in [3.8, 4) is 0 Å². The molecular weight excluding hydrogens is 250 g/mol. The van der Waals surface area contributed by atoms with Gasteiger partial charge in [-0.25, -0.2) is 5.84 Å². The van der Waals surface area contributed by atoms with E-state index in [0.29, 0.717) is 24.8 Å². The number of aromatic nitrogens is 2. The van der Waals surface area contributed by atoms with Gasteiger partial charge in [0.1, 0.15) is 17.7 Å². The maximum absolute atomic E-state index is 11.7. The maximum atomic E-state index is 11.7. The molecule has 1 amide bonds. The fourth-order valence-corrected chi connectivity index (χ4v) is 1.33. The minimum absolute atomic E-state index is 0.0601. The van der Waals surface area contributed by atoms with Crippen molar-refractivity contribution in [1.29, 1.82) is 0 Å². The minimum Gasteiger partial charge on any atom is -0.383 e. The van der Waals surface area contributed by atoms with Crippen LogP contribution in [0.15, 0.2) is 6.07 Å². The van der Waals surface area contributed by atoms with Crippen LogP contribution in [0.1, 0.15) is 6.92 Å². The van der Waals surface area contributed by atoms with Gasteiger partial charge in [-0.15, -0.1) is 0 Å². The maximum Gasteiger partial charge on any atom is 0.242 e. The number of hydrazine groups is 1. The summed E-state index contributed by atoms with van der Waals surface area (Å²) in [5.74, 6) is 5.91. The minimum atomic E-state index is -0.475. The Labute approximate surface area is 111 Å². The van der Waals surface area contributed by atoms with Crippen LogP contribution in [0.3, 0.4) is 0 Å². The smallest absolute Gasteiger partial charge is 0.242 e. The lowest BCUT2D eigenvalue weighted by Gasteiger charge is -2.15. The first-order chi connectivity index (χ1) is 9.06. The van der Waals surface area contributed by atoms with Gasteiger partial charge in [-0.3, -0.25) is 4.79 Å². The van der Waals surface area contributed by atoms with Crippen LogP contribution in [0.5, 0.6) is 0 Å². The van der Waals surface area contributed by atoms with E-state index in [1.54, 1.807) is 20.1 Å². The average Bonchev–Trinajstić information content (AvgIpc) is 2.38. The zero-order chi connectivity index (χ0) is 14.3. The molecule has 0 radical (unpaired) electrons. The van der Waals surface area contributed by atoms with Gasteiger partial charge in [0.2, 0.25) is 11.9 Å². The summed E-state index contributed by atoms with van der Waals surface area (Å²) in [6.45, 7) is 2.61. The van der Waals surface area contributed by atoms with Crippen molar-refractivity contribution in [3.63, 3.8) is 0 Å². The molecule has 0 saturated carbocycles. The monoisotopic (exact) mass is 269 g/mol. The van der Waals surface area contributed by atoms with Gasteiger partial charge >= 0.3 is 0 Å². The Morgan fingerprint density at radius 2 is 2.16 bits per heavy atom. The van der Waals surface area contributed by atoms with E-state index in [1.165, 1.54) is 0 Å². The number of ether oxygens (including phenoxy) is 1. The fraction of sp³-hybridized carbons (Fsp3) is 0.500. The molecule has 0 aromatic carbocycles. The SMILES string of the molecule is COCCNC(=O)C(C)Nc1cc(NN)nc(N)n1. The van der Waals surface area contributed by atoms with E-state index in [4.69, 9.17) is 16.3 Å². The Morgan fingerprint density at radius 3 is 2.79 bits per heavy atom. The summed E-state index contributed by atoms with van der Waals surface area (Å²) in [5, 5.41) is 5.61. The zero-order valence-electron chi connectivity index (χ0n) is 10.9. The van der Waals surface area contributed by atoms with Crippen molar-refractivity contribution < 1.29 is 9.53 Å². The Balaban J connectivity index is 2.58. The molecule has 0 aliphatic rings. The molecule has 1 aromatic heterocycles. The summed E-state index contributed by atoms with van der Waals surface area (Å²) in [7, 11) is 1.57. The van der Waals surface area contributed by atoms with E-state index >= 15 is 0 Å². The molecule has 0 fully saturated rings. The van der Waals surface area contributed by atoms with Gasteiger partial charge in [0, 0.05) is 19.7 Å². The van der Waals surface area contributed by atoms with Crippen LogP contribution in [0.25, 0.3) is 0 Å². The fourth-order valence-electron chi connectivity index (χ4n) is 1.33. The van der Waals surface area contributed by atoms with Crippen LogP contribution < -0.4 is 27.6 Å². The lowest BCUT2D eigenvalue weighted by atomic mass is 10.3. The number of hydrogen-bond acceptors (Lipinski definition) is 8. The largest absolute Gasteiger partial charge is 0.383 e. The summed E-state index contributed by atoms with van der Waals surface area (Å²) in [6, 6.07) is 1.08. The van der Waals surface area contributed by atoms with Crippen molar-refractivity contribution in [2.24, 2.45) is 5.84 Å². The number of nitrogens with one attached hydrogen (secondary N) is 3. The van der Waals surface area contributed by atoms with Crippen molar-refractivity contribution in [2.75, 3.05) is 36.7 Å². The number of nitrogens with two attached hydrogens (primary N) is 2. The second-order valence-corrected chi connectivity index (χ2v) is 3.79. The third-order valence-corrected chi connectivity index (χ3v) is 2.25. The van der Waals surface area contributed by atoms with Gasteiger partial charge in [-0.1, -0.05) is 0 Å². The molecule has 1 unspecified atom stereocenters. The first-order valence-corrected chi connectivity index (χ1v) is 5.71. The molecule has 0 aliphatic carbocycles. The van der Waals surface area contributed by atoms with Crippen LogP contribution in [-0.2, 0) is 9.53 Å². The molecule has 1 heterocycles. The van der Waals surface area contributed by atoms with E-state index < -0.39 is 6.04 Å². The molecule has 1 aromatic rings. The highest BCUT2D eigenvalue weighted by atomic mass is 16.5. The molecular formula is C10H19N7O2. The number of carbonyl (C=O) groups excluding carboxylic acids is 1. The molecule has 7 N–H and O–H groups in total. The van der Waals surface area contributed by atoms with Crippen molar-refractivity contribution >= 4 is 23.5 Å². The lowest BCUT2D eigenvalue weighted by molar-refractivity contribution is -0.121. The Kier molecular flexibility index (Phi) is 5.76. The second kappa shape index (κ2) is 7.34. The van der Waals surface area contributed by atoms with E-state index in [0.717, 1.165) is 0 Å². The van der Waals surface area contributed by atoms with E-state index in [-0.39, 0.29) is 11.9 Å². The number of anilines is 3. The first kappa shape index (κ1) is 14.9. The number of nitrogen functional groups attached to an aromatic ring is 2.